The van der Waals surface area contributed by atoms with Gasteiger partial charge in [-0.2, -0.15) is 0 Å². The molecule has 116 valence electrons. The number of nitro groups is 1. The molecule has 3 rings (SSSR count). The van der Waals surface area contributed by atoms with Crippen molar-refractivity contribution in [1.82, 2.24) is 0 Å². The Morgan fingerprint density at radius 1 is 1.22 bits per heavy atom. The first-order chi connectivity index (χ1) is 11.2. The Labute approximate surface area is 132 Å². The lowest BCUT2D eigenvalue weighted by Crippen LogP contribution is -2.00. The number of para-hydroxylation sites is 1. The van der Waals surface area contributed by atoms with E-state index in [4.69, 9.17) is 9.47 Å². The standard InChI is InChI=1S/C17H14N2O4/c1-22-16-5-3-2-4-13(16)10-14-11-23-17(18-14)12-6-8-15(9-7-12)19(20)21/h2-10H,11H2,1H3/b14-10-. The van der Waals surface area contributed by atoms with Gasteiger partial charge in [0.2, 0.25) is 5.90 Å². The Morgan fingerprint density at radius 2 is 1.96 bits per heavy atom. The van der Waals surface area contributed by atoms with E-state index in [1.807, 2.05) is 30.3 Å². The van der Waals surface area contributed by atoms with E-state index in [0.717, 1.165) is 17.0 Å². The first-order valence-corrected chi connectivity index (χ1v) is 6.97. The van der Waals surface area contributed by atoms with Crippen LogP contribution in [0.5, 0.6) is 5.75 Å². The molecule has 0 N–H and O–H groups in total. The molecule has 0 spiro atoms. The van der Waals surface area contributed by atoms with Crippen LogP contribution in [0.1, 0.15) is 11.1 Å². The number of methoxy groups -OCH3 is 1. The number of non-ortho nitro benzene ring substituents is 1. The highest BCUT2D eigenvalue weighted by molar-refractivity contribution is 5.96. The zero-order valence-electron chi connectivity index (χ0n) is 12.4. The maximum atomic E-state index is 10.7. The highest BCUT2D eigenvalue weighted by Gasteiger charge is 2.16. The number of benzene rings is 2. The number of hydrogen-bond donors (Lipinski definition) is 0. The molecule has 6 nitrogen and oxygen atoms in total. The van der Waals surface area contributed by atoms with Crippen molar-refractivity contribution < 1.29 is 14.4 Å². The molecule has 2 aromatic carbocycles. The summed E-state index contributed by atoms with van der Waals surface area (Å²) in [7, 11) is 1.62. The highest BCUT2D eigenvalue weighted by atomic mass is 16.6. The van der Waals surface area contributed by atoms with Gasteiger partial charge in [-0.05, 0) is 24.3 Å². The maximum absolute atomic E-state index is 10.7. The molecule has 0 atom stereocenters. The minimum atomic E-state index is -0.436. The first kappa shape index (κ1) is 14.8. The Kier molecular flexibility index (Phi) is 4.05. The molecule has 0 radical (unpaired) electrons. The van der Waals surface area contributed by atoms with Crippen LogP contribution in [0.15, 0.2) is 59.2 Å². The molecule has 6 heteroatoms. The van der Waals surface area contributed by atoms with Gasteiger partial charge in [0.1, 0.15) is 12.4 Å². The average Bonchev–Trinajstić information content (AvgIpc) is 3.04. The third-order valence-electron chi connectivity index (χ3n) is 3.39. The van der Waals surface area contributed by atoms with Crippen molar-refractivity contribution in [2.75, 3.05) is 13.7 Å². The van der Waals surface area contributed by atoms with E-state index in [-0.39, 0.29) is 5.69 Å². The van der Waals surface area contributed by atoms with Gasteiger partial charge < -0.3 is 9.47 Å². The Morgan fingerprint density at radius 3 is 2.65 bits per heavy atom. The predicted molar refractivity (Wildman–Crippen MR) is 86.6 cm³/mol. The lowest BCUT2D eigenvalue weighted by atomic mass is 10.1. The number of nitrogens with zero attached hydrogens (tertiary/aromatic N) is 2. The third kappa shape index (κ3) is 3.21. The minimum absolute atomic E-state index is 0.0390. The second kappa shape index (κ2) is 6.31. The van der Waals surface area contributed by atoms with Gasteiger partial charge in [-0.3, -0.25) is 10.1 Å². The van der Waals surface area contributed by atoms with Crippen LogP contribution in [0.25, 0.3) is 6.08 Å². The second-order valence-electron chi connectivity index (χ2n) is 4.89. The Bertz CT molecular complexity index is 794. The molecule has 2 aromatic rings. The monoisotopic (exact) mass is 310 g/mol. The third-order valence-corrected chi connectivity index (χ3v) is 3.39. The first-order valence-electron chi connectivity index (χ1n) is 6.97. The average molecular weight is 310 g/mol. The predicted octanol–water partition coefficient (Wildman–Crippen LogP) is 3.42. The summed E-state index contributed by atoms with van der Waals surface area (Å²) in [6, 6.07) is 13.8. The lowest BCUT2D eigenvalue weighted by Gasteiger charge is -2.03. The zero-order valence-corrected chi connectivity index (χ0v) is 12.4. The fraction of sp³-hybridized carbons (Fsp3) is 0.118. The quantitative estimate of drug-likeness (QED) is 0.640. The van der Waals surface area contributed by atoms with Crippen LogP contribution in [0.4, 0.5) is 5.69 Å². The maximum Gasteiger partial charge on any atom is 0.269 e. The molecule has 0 unspecified atom stereocenters. The Balaban J connectivity index is 1.85. The molecule has 0 aromatic heterocycles. The summed E-state index contributed by atoms with van der Waals surface area (Å²) in [5.41, 5.74) is 2.43. The normalized spacial score (nSPS) is 15.2. The van der Waals surface area contributed by atoms with Gasteiger partial charge in [0.05, 0.1) is 17.7 Å². The molecule has 23 heavy (non-hydrogen) atoms. The van der Waals surface area contributed by atoms with Crippen molar-refractivity contribution in [3.63, 3.8) is 0 Å². The van der Waals surface area contributed by atoms with Crippen LogP contribution in [0.2, 0.25) is 0 Å². The summed E-state index contributed by atoms with van der Waals surface area (Å²) in [6.07, 6.45) is 1.90. The fourth-order valence-electron chi connectivity index (χ4n) is 2.25. The molecule has 1 aliphatic rings. The van der Waals surface area contributed by atoms with Crippen LogP contribution < -0.4 is 4.74 Å². The molecule has 1 aliphatic heterocycles. The van der Waals surface area contributed by atoms with Crippen molar-refractivity contribution >= 4 is 17.7 Å². The molecule has 0 aliphatic carbocycles. The van der Waals surface area contributed by atoms with E-state index in [0.29, 0.717) is 18.1 Å². The molecule has 0 saturated heterocycles. The summed E-state index contributed by atoms with van der Waals surface area (Å²) in [6.45, 7) is 0.352. The van der Waals surface area contributed by atoms with Crippen molar-refractivity contribution in [3.05, 3.63) is 75.5 Å². The van der Waals surface area contributed by atoms with E-state index in [1.54, 1.807) is 19.2 Å². The smallest absolute Gasteiger partial charge is 0.269 e. The molecular weight excluding hydrogens is 296 g/mol. The van der Waals surface area contributed by atoms with E-state index >= 15 is 0 Å². The van der Waals surface area contributed by atoms with E-state index in [2.05, 4.69) is 4.99 Å². The highest BCUT2D eigenvalue weighted by Crippen LogP contribution is 2.24. The van der Waals surface area contributed by atoms with E-state index in [1.165, 1.54) is 12.1 Å². The van der Waals surface area contributed by atoms with Crippen molar-refractivity contribution in [3.8, 4) is 5.75 Å². The van der Waals surface area contributed by atoms with Gasteiger partial charge >= 0.3 is 0 Å². The number of ether oxygens (including phenoxy) is 2. The molecule has 1 heterocycles. The number of rotatable bonds is 4. The summed E-state index contributed by atoms with van der Waals surface area (Å²) in [4.78, 5) is 14.7. The van der Waals surface area contributed by atoms with Crippen LogP contribution in [-0.2, 0) is 4.74 Å². The molecule has 0 bridgehead atoms. The van der Waals surface area contributed by atoms with E-state index < -0.39 is 4.92 Å². The van der Waals surface area contributed by atoms with Gasteiger partial charge in [0, 0.05) is 23.3 Å². The Hall–Kier alpha value is -3.15. The van der Waals surface area contributed by atoms with Gasteiger partial charge in [0.15, 0.2) is 0 Å². The molecular formula is C17H14N2O4. The van der Waals surface area contributed by atoms with Crippen molar-refractivity contribution in [1.29, 1.82) is 0 Å². The van der Waals surface area contributed by atoms with Crippen LogP contribution in [0.3, 0.4) is 0 Å². The van der Waals surface area contributed by atoms with Gasteiger partial charge in [-0.1, -0.05) is 18.2 Å². The van der Waals surface area contributed by atoms with Gasteiger partial charge in [-0.25, -0.2) is 4.99 Å². The summed E-state index contributed by atoms with van der Waals surface area (Å²) < 4.78 is 10.9. The summed E-state index contributed by atoms with van der Waals surface area (Å²) in [5, 5.41) is 10.7. The largest absolute Gasteiger partial charge is 0.496 e. The number of nitro benzene ring substituents is 1. The molecule has 0 fully saturated rings. The SMILES string of the molecule is COc1ccccc1/C=C1/COC(c2ccc([N+](=O)[O-])cc2)=N1. The fourth-order valence-corrected chi connectivity index (χ4v) is 2.25. The topological polar surface area (TPSA) is 74.0 Å². The summed E-state index contributed by atoms with van der Waals surface area (Å²) >= 11 is 0. The number of hydrogen-bond acceptors (Lipinski definition) is 5. The second-order valence-corrected chi connectivity index (χ2v) is 4.89. The van der Waals surface area contributed by atoms with Crippen molar-refractivity contribution in [2.24, 2.45) is 4.99 Å². The zero-order chi connectivity index (χ0) is 16.2. The van der Waals surface area contributed by atoms with Gasteiger partial charge in [-0.15, -0.1) is 0 Å². The van der Waals surface area contributed by atoms with Crippen LogP contribution in [-0.4, -0.2) is 24.5 Å². The minimum Gasteiger partial charge on any atom is -0.496 e. The van der Waals surface area contributed by atoms with Crippen LogP contribution >= 0.6 is 0 Å². The van der Waals surface area contributed by atoms with Crippen molar-refractivity contribution in [2.45, 2.75) is 0 Å². The number of aliphatic imine (C=N–C) groups is 1. The van der Waals surface area contributed by atoms with Gasteiger partial charge in [0.25, 0.3) is 5.69 Å². The van der Waals surface area contributed by atoms with Crippen LogP contribution in [0, 0.1) is 10.1 Å². The van der Waals surface area contributed by atoms with E-state index in [9.17, 15) is 10.1 Å². The summed E-state index contributed by atoms with van der Waals surface area (Å²) in [5.74, 6) is 1.22. The lowest BCUT2D eigenvalue weighted by molar-refractivity contribution is -0.384. The molecule has 0 saturated carbocycles. The molecule has 0 amide bonds.